The number of halogens is 3. The molecule has 0 saturated heterocycles. The lowest BCUT2D eigenvalue weighted by molar-refractivity contribution is -0.117. The third-order valence-electron chi connectivity index (χ3n) is 6.00. The number of carbonyl (C=O) groups excluding carboxylic acids is 5. The first-order chi connectivity index (χ1) is 17.4. The summed E-state index contributed by atoms with van der Waals surface area (Å²) in [6, 6.07) is 10.1. The van der Waals surface area contributed by atoms with Gasteiger partial charge >= 0.3 is 5.97 Å². The molecular formula is C25H18I3N3O6. The molecule has 12 heteroatoms. The van der Waals surface area contributed by atoms with Crippen molar-refractivity contribution in [3.63, 3.8) is 0 Å². The van der Waals surface area contributed by atoms with E-state index >= 15 is 0 Å². The summed E-state index contributed by atoms with van der Waals surface area (Å²) in [6.45, 7) is 2.75. The molecule has 3 aromatic rings. The SMILES string of the molecule is CC(=O)N(C)c1c(I)c(C(=O)ON2C(=O)c3cccc4cccc(c34)C2=O)c(I)c(N(C)C(C)=O)c1I. The van der Waals surface area contributed by atoms with Gasteiger partial charge in [-0.2, -0.15) is 0 Å². The van der Waals surface area contributed by atoms with Gasteiger partial charge in [0.25, 0.3) is 11.8 Å². The van der Waals surface area contributed by atoms with Crippen LogP contribution in [0.15, 0.2) is 36.4 Å². The molecule has 0 bridgehead atoms. The maximum atomic E-state index is 13.6. The number of amides is 4. The molecule has 1 heterocycles. The van der Waals surface area contributed by atoms with Crippen molar-refractivity contribution in [2.75, 3.05) is 23.9 Å². The molecule has 0 unspecified atom stereocenters. The first-order valence-corrected chi connectivity index (χ1v) is 13.9. The molecule has 0 atom stereocenters. The Labute approximate surface area is 252 Å². The van der Waals surface area contributed by atoms with Crippen LogP contribution in [0.3, 0.4) is 0 Å². The Balaban J connectivity index is 1.85. The summed E-state index contributed by atoms with van der Waals surface area (Å²) >= 11 is 5.88. The molecule has 0 spiro atoms. The van der Waals surface area contributed by atoms with Crippen LogP contribution in [0.2, 0.25) is 0 Å². The van der Waals surface area contributed by atoms with Gasteiger partial charge in [-0.15, -0.1) is 0 Å². The first-order valence-electron chi connectivity index (χ1n) is 10.7. The fourth-order valence-corrected chi connectivity index (χ4v) is 8.99. The second kappa shape index (κ2) is 10.4. The average Bonchev–Trinajstić information content (AvgIpc) is 2.84. The molecule has 1 aliphatic rings. The van der Waals surface area contributed by atoms with Crippen molar-refractivity contribution in [3.8, 4) is 0 Å². The quantitative estimate of drug-likeness (QED) is 0.272. The molecule has 0 aromatic heterocycles. The highest BCUT2D eigenvalue weighted by atomic mass is 127. The summed E-state index contributed by atoms with van der Waals surface area (Å²) in [7, 11) is 3.10. The second-order valence-electron chi connectivity index (χ2n) is 8.16. The zero-order valence-corrected chi connectivity index (χ0v) is 26.4. The van der Waals surface area contributed by atoms with E-state index in [9.17, 15) is 24.0 Å². The van der Waals surface area contributed by atoms with Crippen molar-refractivity contribution in [3.05, 3.63) is 63.8 Å². The van der Waals surface area contributed by atoms with Gasteiger partial charge in [-0.1, -0.05) is 29.3 Å². The predicted octanol–water partition coefficient (Wildman–Crippen LogP) is 4.99. The zero-order valence-electron chi connectivity index (χ0n) is 19.9. The Hall–Kier alpha value is -2.34. The minimum absolute atomic E-state index is 0.0190. The van der Waals surface area contributed by atoms with E-state index in [1.54, 1.807) is 50.5 Å². The van der Waals surface area contributed by atoms with Gasteiger partial charge in [0.15, 0.2) is 0 Å². The van der Waals surface area contributed by atoms with Gasteiger partial charge in [0.1, 0.15) is 0 Å². The van der Waals surface area contributed by atoms with Crippen LogP contribution in [0, 0.1) is 10.7 Å². The molecule has 0 aliphatic carbocycles. The normalized spacial score (nSPS) is 12.6. The highest BCUT2D eigenvalue weighted by Crippen LogP contribution is 2.42. The minimum Gasteiger partial charge on any atom is -0.324 e. The molecule has 1 aliphatic heterocycles. The lowest BCUT2D eigenvalue weighted by atomic mass is 9.95. The molecule has 4 rings (SSSR count). The van der Waals surface area contributed by atoms with Crippen LogP contribution in [-0.2, 0) is 14.4 Å². The van der Waals surface area contributed by atoms with E-state index in [1.165, 1.54) is 23.6 Å². The number of imide groups is 1. The molecule has 0 radical (unpaired) electrons. The second-order valence-corrected chi connectivity index (χ2v) is 11.4. The molecule has 9 nitrogen and oxygen atoms in total. The van der Waals surface area contributed by atoms with E-state index in [2.05, 4.69) is 0 Å². The molecular weight excluding hydrogens is 819 g/mol. The van der Waals surface area contributed by atoms with Crippen molar-refractivity contribution >= 4 is 120 Å². The Morgan fingerprint density at radius 3 is 1.59 bits per heavy atom. The van der Waals surface area contributed by atoms with Crippen LogP contribution in [0.4, 0.5) is 11.4 Å². The van der Waals surface area contributed by atoms with E-state index < -0.39 is 17.8 Å². The monoisotopic (exact) mass is 837 g/mol. The van der Waals surface area contributed by atoms with Crippen LogP contribution < -0.4 is 9.80 Å². The van der Waals surface area contributed by atoms with Gasteiger partial charge < -0.3 is 14.6 Å². The van der Waals surface area contributed by atoms with Crippen LogP contribution in [-0.4, -0.2) is 48.8 Å². The number of hydroxylamine groups is 2. The van der Waals surface area contributed by atoms with Crippen molar-refractivity contribution < 1.29 is 28.8 Å². The lowest BCUT2D eigenvalue weighted by Gasteiger charge is -2.29. The molecule has 190 valence electrons. The summed E-state index contributed by atoms with van der Waals surface area (Å²) in [5.74, 6) is -3.09. The van der Waals surface area contributed by atoms with Crippen LogP contribution >= 0.6 is 67.8 Å². The van der Waals surface area contributed by atoms with Gasteiger partial charge in [0.05, 0.1) is 38.8 Å². The first kappa shape index (κ1) is 27.7. The van der Waals surface area contributed by atoms with Crippen molar-refractivity contribution in [1.82, 2.24) is 5.06 Å². The minimum atomic E-state index is -0.977. The fourth-order valence-electron chi connectivity index (χ4n) is 3.94. The molecule has 4 amide bonds. The Morgan fingerprint density at radius 1 is 0.757 bits per heavy atom. The Morgan fingerprint density at radius 2 is 1.19 bits per heavy atom. The number of anilines is 2. The standard InChI is InChI=1S/C25H18I3N3O6/c1-11(32)29(3)21-18(26)17(19(27)22(20(21)28)30(4)12(2)33)25(36)37-31-23(34)14-9-5-7-13-8-6-10-15(16(13)14)24(31)35/h5-10H,1-4H3. The summed E-state index contributed by atoms with van der Waals surface area (Å²) in [5, 5.41) is 1.69. The number of carbonyl (C=O) groups is 5. The predicted molar refractivity (Wildman–Crippen MR) is 163 cm³/mol. The smallest absolute Gasteiger partial charge is 0.324 e. The number of hydrogen-bond acceptors (Lipinski definition) is 6. The summed E-state index contributed by atoms with van der Waals surface area (Å²) in [4.78, 5) is 72.8. The maximum absolute atomic E-state index is 13.6. The van der Waals surface area contributed by atoms with Gasteiger partial charge in [-0.05, 0) is 85.3 Å². The average molecular weight is 837 g/mol. The molecule has 37 heavy (non-hydrogen) atoms. The highest BCUT2D eigenvalue weighted by molar-refractivity contribution is 14.1. The van der Waals surface area contributed by atoms with E-state index in [0.29, 0.717) is 32.5 Å². The number of nitrogens with zero attached hydrogens (tertiary/aromatic N) is 3. The lowest BCUT2D eigenvalue weighted by Crippen LogP contribution is -2.42. The Bertz CT molecular complexity index is 1460. The van der Waals surface area contributed by atoms with Gasteiger partial charge in [0, 0.05) is 33.3 Å². The topological polar surface area (TPSA) is 104 Å². The fraction of sp³-hybridized carbons (Fsp3) is 0.160. The number of benzene rings is 3. The van der Waals surface area contributed by atoms with Crippen molar-refractivity contribution in [2.24, 2.45) is 0 Å². The van der Waals surface area contributed by atoms with Gasteiger partial charge in [0.2, 0.25) is 11.8 Å². The van der Waals surface area contributed by atoms with Crippen molar-refractivity contribution in [1.29, 1.82) is 0 Å². The molecule has 0 fully saturated rings. The third kappa shape index (κ3) is 4.60. The van der Waals surface area contributed by atoms with Crippen LogP contribution in [0.5, 0.6) is 0 Å². The highest BCUT2D eigenvalue weighted by Gasteiger charge is 2.38. The zero-order chi connectivity index (χ0) is 27.3. The van der Waals surface area contributed by atoms with Crippen LogP contribution in [0.25, 0.3) is 10.8 Å². The van der Waals surface area contributed by atoms with E-state index in [1.807, 2.05) is 67.8 Å². The number of hydrogen-bond donors (Lipinski definition) is 0. The Kier molecular flexibility index (Phi) is 7.81. The van der Waals surface area contributed by atoms with E-state index in [-0.39, 0.29) is 28.5 Å². The maximum Gasteiger partial charge on any atom is 0.366 e. The molecule has 3 aromatic carbocycles. The largest absolute Gasteiger partial charge is 0.366 e. The summed E-state index contributed by atoms with van der Waals surface area (Å²) < 4.78 is 1.31. The van der Waals surface area contributed by atoms with Crippen molar-refractivity contribution in [2.45, 2.75) is 13.8 Å². The number of rotatable bonds is 4. The van der Waals surface area contributed by atoms with Crippen LogP contribution in [0.1, 0.15) is 44.9 Å². The summed E-state index contributed by atoms with van der Waals surface area (Å²) in [5.41, 5.74) is 1.29. The van der Waals surface area contributed by atoms with E-state index in [0.717, 1.165) is 5.39 Å². The summed E-state index contributed by atoms with van der Waals surface area (Å²) in [6.07, 6.45) is 0. The van der Waals surface area contributed by atoms with E-state index in [4.69, 9.17) is 4.84 Å². The van der Waals surface area contributed by atoms with Gasteiger partial charge in [-0.3, -0.25) is 19.2 Å². The third-order valence-corrected chi connectivity index (χ3v) is 9.12. The molecule has 0 saturated carbocycles. The van der Waals surface area contributed by atoms with Gasteiger partial charge in [-0.25, -0.2) is 4.79 Å². The molecule has 0 N–H and O–H groups in total.